The monoisotopic (exact) mass is 380 g/mol. The predicted molar refractivity (Wildman–Crippen MR) is 105 cm³/mol. The zero-order valence-corrected chi connectivity index (χ0v) is 15.5. The molecule has 28 heavy (non-hydrogen) atoms. The van der Waals surface area contributed by atoms with Crippen molar-refractivity contribution < 1.29 is 9.50 Å². The van der Waals surface area contributed by atoms with E-state index in [4.69, 9.17) is 0 Å². The number of β-amino-alcohol motifs (C(OH)–C–C–N with tert-alkyl or cyclic N) is 1. The summed E-state index contributed by atoms with van der Waals surface area (Å²) in [6.45, 7) is 2.68. The molecule has 4 rings (SSSR count). The summed E-state index contributed by atoms with van der Waals surface area (Å²) in [5.74, 6) is -0.486. The van der Waals surface area contributed by atoms with Gasteiger partial charge in [0.1, 0.15) is 5.69 Å². The maximum Gasteiger partial charge on any atom is 0.291 e. The quantitative estimate of drug-likeness (QED) is 0.754. The minimum absolute atomic E-state index is 0.00644. The van der Waals surface area contributed by atoms with Crippen LogP contribution in [0.5, 0.6) is 0 Å². The molecule has 0 saturated heterocycles. The average Bonchev–Trinajstić information content (AvgIpc) is 2.73. The summed E-state index contributed by atoms with van der Waals surface area (Å²) in [5, 5.41) is 10.7. The van der Waals surface area contributed by atoms with Gasteiger partial charge in [-0.2, -0.15) is 4.39 Å². The van der Waals surface area contributed by atoms with Crippen LogP contribution < -0.4 is 10.5 Å². The summed E-state index contributed by atoms with van der Waals surface area (Å²) in [7, 11) is 0. The molecule has 0 amide bonds. The van der Waals surface area contributed by atoms with Gasteiger partial charge in [-0.15, -0.1) is 0 Å². The molecule has 0 fully saturated rings. The van der Waals surface area contributed by atoms with E-state index < -0.39 is 17.5 Å². The third kappa shape index (κ3) is 3.29. The maximum atomic E-state index is 14.7. The maximum absolute atomic E-state index is 14.7. The highest BCUT2D eigenvalue weighted by atomic mass is 19.1. The highest BCUT2D eigenvalue weighted by Crippen LogP contribution is 2.28. The van der Waals surface area contributed by atoms with Crippen LogP contribution in [0.25, 0.3) is 11.3 Å². The molecule has 7 heteroatoms. The molecule has 3 heterocycles. The van der Waals surface area contributed by atoms with Crippen molar-refractivity contribution in [2.24, 2.45) is 0 Å². The van der Waals surface area contributed by atoms with E-state index >= 15 is 0 Å². The number of benzene rings is 1. The second-order valence-corrected chi connectivity index (χ2v) is 6.98. The van der Waals surface area contributed by atoms with E-state index in [1.54, 1.807) is 12.1 Å². The number of nitrogens with zero attached hydrogens (tertiary/aromatic N) is 4. The highest BCUT2D eigenvalue weighted by Gasteiger charge is 2.30. The Morgan fingerprint density at radius 3 is 2.64 bits per heavy atom. The van der Waals surface area contributed by atoms with Gasteiger partial charge in [-0.25, -0.2) is 4.98 Å². The molecule has 0 radical (unpaired) electrons. The van der Waals surface area contributed by atoms with Gasteiger partial charge in [-0.05, 0) is 31.0 Å². The normalized spacial score (nSPS) is 17.2. The fourth-order valence-electron chi connectivity index (χ4n) is 3.54. The third-order valence-electron chi connectivity index (χ3n) is 5.16. The van der Waals surface area contributed by atoms with Gasteiger partial charge in [0.25, 0.3) is 5.56 Å². The number of aliphatic hydroxyl groups is 1. The van der Waals surface area contributed by atoms with Crippen LogP contribution in [0.4, 0.5) is 10.3 Å². The average molecular weight is 380 g/mol. The lowest BCUT2D eigenvalue weighted by atomic mass is 10.1. The van der Waals surface area contributed by atoms with Crippen molar-refractivity contribution in [1.29, 1.82) is 0 Å². The Labute approximate surface area is 161 Å². The van der Waals surface area contributed by atoms with Crippen molar-refractivity contribution in [1.82, 2.24) is 14.5 Å². The van der Waals surface area contributed by atoms with Gasteiger partial charge < -0.3 is 10.0 Å². The van der Waals surface area contributed by atoms with Crippen molar-refractivity contribution in [2.75, 3.05) is 11.4 Å². The number of halogens is 1. The second kappa shape index (κ2) is 7.52. The fraction of sp³-hybridized carbons (Fsp3) is 0.286. The molecule has 1 aliphatic heterocycles. The van der Waals surface area contributed by atoms with Gasteiger partial charge in [-0.3, -0.25) is 14.3 Å². The Hall–Kier alpha value is -3.06. The van der Waals surface area contributed by atoms with E-state index in [9.17, 15) is 14.3 Å². The zero-order chi connectivity index (χ0) is 19.7. The van der Waals surface area contributed by atoms with Gasteiger partial charge >= 0.3 is 0 Å². The Bertz CT molecular complexity index is 1020. The Morgan fingerprint density at radius 2 is 1.93 bits per heavy atom. The van der Waals surface area contributed by atoms with Gasteiger partial charge in [-0.1, -0.05) is 30.3 Å². The molecule has 0 bridgehead atoms. The number of hydrogen-bond donors (Lipinski definition) is 1. The van der Waals surface area contributed by atoms with Crippen LogP contribution in [-0.4, -0.2) is 32.2 Å². The molecule has 1 unspecified atom stereocenters. The summed E-state index contributed by atoms with van der Waals surface area (Å²) in [6.07, 6.45) is 2.99. The van der Waals surface area contributed by atoms with E-state index in [0.29, 0.717) is 24.5 Å². The van der Waals surface area contributed by atoms with E-state index in [-0.39, 0.29) is 18.3 Å². The smallest absolute Gasteiger partial charge is 0.291 e. The number of hydrogen-bond acceptors (Lipinski definition) is 5. The first-order valence-corrected chi connectivity index (χ1v) is 9.26. The number of pyridine rings is 1. The number of aromatic nitrogens is 3. The second-order valence-electron chi connectivity index (χ2n) is 6.98. The lowest BCUT2D eigenvalue weighted by Gasteiger charge is -2.37. The summed E-state index contributed by atoms with van der Waals surface area (Å²) < 4.78 is 16.1. The molecular formula is C21H21FN4O2. The van der Waals surface area contributed by atoms with Crippen LogP contribution in [0.15, 0.2) is 59.7 Å². The van der Waals surface area contributed by atoms with E-state index in [1.807, 2.05) is 42.2 Å². The summed E-state index contributed by atoms with van der Waals surface area (Å²) in [6, 6.07) is 12.6. The fourth-order valence-corrected chi connectivity index (χ4v) is 3.54. The van der Waals surface area contributed by atoms with Crippen molar-refractivity contribution in [3.63, 3.8) is 0 Å². The first-order valence-electron chi connectivity index (χ1n) is 9.26. The molecule has 144 valence electrons. The Balaban J connectivity index is 1.77. The zero-order valence-electron chi connectivity index (χ0n) is 15.5. The van der Waals surface area contributed by atoms with Crippen molar-refractivity contribution in [3.05, 3.63) is 76.6 Å². The van der Waals surface area contributed by atoms with E-state index in [2.05, 4.69) is 9.97 Å². The van der Waals surface area contributed by atoms with Gasteiger partial charge in [0.15, 0.2) is 0 Å². The molecule has 0 saturated carbocycles. The summed E-state index contributed by atoms with van der Waals surface area (Å²) in [5.41, 5.74) is 0.593. The molecule has 1 N–H and O–H groups in total. The van der Waals surface area contributed by atoms with Crippen LogP contribution >= 0.6 is 0 Å². The predicted octanol–water partition coefficient (Wildman–Crippen LogP) is 2.78. The minimum Gasteiger partial charge on any atom is -0.387 e. The number of aliphatic hydroxyl groups excluding tert-OH is 1. The Morgan fingerprint density at radius 1 is 1.21 bits per heavy atom. The highest BCUT2D eigenvalue weighted by molar-refractivity contribution is 5.60. The summed E-state index contributed by atoms with van der Waals surface area (Å²) in [4.78, 5) is 23.0. The number of fused-ring (bicyclic) bond motifs is 1. The van der Waals surface area contributed by atoms with Crippen molar-refractivity contribution in [3.8, 4) is 11.3 Å². The molecule has 0 aliphatic carbocycles. The van der Waals surface area contributed by atoms with Crippen LogP contribution in [-0.2, 0) is 6.54 Å². The minimum atomic E-state index is -0.868. The molecular weight excluding hydrogens is 359 g/mol. The number of rotatable bonds is 4. The Kier molecular flexibility index (Phi) is 4.92. The molecule has 2 aromatic heterocycles. The first-order chi connectivity index (χ1) is 13.6. The van der Waals surface area contributed by atoms with Crippen LogP contribution in [0.1, 0.15) is 25.0 Å². The molecule has 6 nitrogen and oxygen atoms in total. The molecule has 2 atom stereocenters. The van der Waals surface area contributed by atoms with Crippen molar-refractivity contribution in [2.45, 2.75) is 32.0 Å². The SMILES string of the molecule is CC1CCn2c(nc(-c3ccncc3)c(F)c2=O)N1C[C@H](O)c1ccccc1. The van der Waals surface area contributed by atoms with Crippen molar-refractivity contribution >= 4 is 5.95 Å². The lowest BCUT2D eigenvalue weighted by Crippen LogP contribution is -2.46. The molecule has 1 aromatic carbocycles. The molecule has 0 spiro atoms. The van der Waals surface area contributed by atoms with Gasteiger partial charge in [0.05, 0.1) is 12.6 Å². The van der Waals surface area contributed by atoms with E-state index in [1.165, 1.54) is 17.0 Å². The third-order valence-corrected chi connectivity index (χ3v) is 5.16. The topological polar surface area (TPSA) is 71.2 Å². The number of anilines is 1. The van der Waals surface area contributed by atoms with E-state index in [0.717, 1.165) is 5.56 Å². The van der Waals surface area contributed by atoms with Gasteiger partial charge in [0, 0.05) is 30.5 Å². The largest absolute Gasteiger partial charge is 0.387 e. The molecule has 3 aromatic rings. The molecule has 1 aliphatic rings. The van der Waals surface area contributed by atoms with Gasteiger partial charge in [0.2, 0.25) is 11.8 Å². The summed E-state index contributed by atoms with van der Waals surface area (Å²) >= 11 is 0. The standard InChI is InChI=1S/C21H21FN4O2/c1-14-9-12-25-20(28)18(22)19(16-7-10-23-11-8-16)24-21(25)26(14)13-17(27)15-5-3-2-4-6-15/h2-8,10-11,14,17,27H,9,12-13H2,1H3/t14?,17-/m0/s1. The van der Waals surface area contributed by atoms with Crippen LogP contribution in [0, 0.1) is 5.82 Å². The first kappa shape index (κ1) is 18.3. The lowest BCUT2D eigenvalue weighted by molar-refractivity contribution is 0.177. The van der Waals surface area contributed by atoms with Crippen LogP contribution in [0.3, 0.4) is 0 Å². The van der Waals surface area contributed by atoms with Crippen LogP contribution in [0.2, 0.25) is 0 Å².